The van der Waals surface area contributed by atoms with Gasteiger partial charge in [-0.3, -0.25) is 0 Å². The molecule has 0 saturated heterocycles. The Hall–Kier alpha value is -1.62. The molecule has 0 unspecified atom stereocenters. The Morgan fingerprint density at radius 2 is 2.40 bits per heavy atom. The van der Waals surface area contributed by atoms with E-state index < -0.39 is 0 Å². The summed E-state index contributed by atoms with van der Waals surface area (Å²) in [7, 11) is 0. The van der Waals surface area contributed by atoms with Crippen LogP contribution in [-0.4, -0.2) is 15.1 Å². The highest BCUT2D eigenvalue weighted by Crippen LogP contribution is 2.08. The van der Waals surface area contributed by atoms with Gasteiger partial charge in [-0.05, 0) is 24.6 Å². The number of anilines is 1. The van der Waals surface area contributed by atoms with E-state index in [0.717, 1.165) is 11.5 Å². The van der Waals surface area contributed by atoms with Gasteiger partial charge in [0, 0.05) is 12.3 Å². The molecule has 2 aromatic heterocycles. The zero-order chi connectivity index (χ0) is 10.7. The summed E-state index contributed by atoms with van der Waals surface area (Å²) in [5.74, 6) is 1.45. The maximum atomic E-state index is 5.63. The third kappa shape index (κ3) is 2.66. The summed E-state index contributed by atoms with van der Waals surface area (Å²) in [5, 5.41) is 7.12. The Balaban J connectivity index is 1.99. The molecule has 5 nitrogen and oxygen atoms in total. The van der Waals surface area contributed by atoms with Gasteiger partial charge in [-0.15, -0.1) is 0 Å². The third-order valence-electron chi connectivity index (χ3n) is 1.75. The quantitative estimate of drug-likeness (QED) is 0.809. The van der Waals surface area contributed by atoms with E-state index in [-0.39, 0.29) is 5.28 Å². The first-order valence-corrected chi connectivity index (χ1v) is 4.76. The average molecular weight is 225 g/mol. The number of aryl methyl sites for hydroxylation is 1. The monoisotopic (exact) mass is 224 g/mol. The third-order valence-corrected chi connectivity index (χ3v) is 1.94. The SMILES string of the molecule is Cc1cc(CNc2ccnc(Cl)n2)no1. The fourth-order valence-electron chi connectivity index (χ4n) is 1.12. The van der Waals surface area contributed by atoms with Gasteiger partial charge in [-0.2, -0.15) is 0 Å². The molecule has 15 heavy (non-hydrogen) atoms. The minimum atomic E-state index is 0.219. The van der Waals surface area contributed by atoms with Crippen LogP contribution in [0.25, 0.3) is 0 Å². The van der Waals surface area contributed by atoms with Crippen LogP contribution in [0.15, 0.2) is 22.9 Å². The Kier molecular flexibility index (Phi) is 2.82. The molecule has 2 rings (SSSR count). The first kappa shape index (κ1) is 9.92. The van der Waals surface area contributed by atoms with E-state index in [9.17, 15) is 0 Å². The predicted octanol–water partition coefficient (Wildman–Crippen LogP) is 2.04. The number of hydrogen-bond acceptors (Lipinski definition) is 5. The molecule has 1 N–H and O–H groups in total. The summed E-state index contributed by atoms with van der Waals surface area (Å²) in [6.45, 7) is 2.39. The van der Waals surface area contributed by atoms with Crippen LogP contribution in [0.4, 0.5) is 5.82 Å². The molecule has 0 atom stereocenters. The van der Waals surface area contributed by atoms with Crippen molar-refractivity contribution in [3.05, 3.63) is 35.1 Å². The lowest BCUT2D eigenvalue weighted by Gasteiger charge is -2.01. The summed E-state index contributed by atoms with van der Waals surface area (Å²) in [6, 6.07) is 3.59. The lowest BCUT2D eigenvalue weighted by Crippen LogP contribution is -2.01. The normalized spacial score (nSPS) is 10.3. The molecule has 0 bridgehead atoms. The standard InChI is InChI=1S/C9H9ClN4O/c1-6-4-7(14-15-6)5-12-8-2-3-11-9(10)13-8/h2-4H,5H2,1H3,(H,11,12,13). The molecule has 0 spiro atoms. The van der Waals surface area contributed by atoms with Gasteiger partial charge in [0.25, 0.3) is 0 Å². The second-order valence-electron chi connectivity index (χ2n) is 2.99. The number of nitrogens with zero attached hydrogens (tertiary/aromatic N) is 3. The smallest absolute Gasteiger partial charge is 0.224 e. The lowest BCUT2D eigenvalue weighted by atomic mass is 10.4. The molecule has 0 fully saturated rings. The van der Waals surface area contributed by atoms with Crippen molar-refractivity contribution in [3.8, 4) is 0 Å². The van der Waals surface area contributed by atoms with Crippen molar-refractivity contribution in [2.45, 2.75) is 13.5 Å². The molecule has 0 amide bonds. The maximum Gasteiger partial charge on any atom is 0.224 e. The minimum absolute atomic E-state index is 0.219. The first-order chi connectivity index (χ1) is 7.24. The number of halogens is 1. The van der Waals surface area contributed by atoms with E-state index in [4.69, 9.17) is 16.1 Å². The summed E-state index contributed by atoms with van der Waals surface area (Å²) in [6.07, 6.45) is 1.59. The number of aromatic nitrogens is 3. The van der Waals surface area contributed by atoms with E-state index in [0.29, 0.717) is 12.4 Å². The van der Waals surface area contributed by atoms with Crippen molar-refractivity contribution in [1.82, 2.24) is 15.1 Å². The van der Waals surface area contributed by atoms with Gasteiger partial charge < -0.3 is 9.84 Å². The summed E-state index contributed by atoms with van der Waals surface area (Å²) in [5.41, 5.74) is 0.822. The highest BCUT2D eigenvalue weighted by Gasteiger charge is 2.01. The summed E-state index contributed by atoms with van der Waals surface area (Å²) < 4.78 is 4.93. The van der Waals surface area contributed by atoms with Crippen LogP contribution < -0.4 is 5.32 Å². The van der Waals surface area contributed by atoms with Crippen molar-refractivity contribution >= 4 is 17.4 Å². The van der Waals surface area contributed by atoms with Crippen LogP contribution in [0.1, 0.15) is 11.5 Å². The van der Waals surface area contributed by atoms with Gasteiger partial charge in [-0.25, -0.2) is 9.97 Å². The molecule has 2 heterocycles. The molecule has 0 aliphatic rings. The predicted molar refractivity (Wildman–Crippen MR) is 55.6 cm³/mol. The first-order valence-electron chi connectivity index (χ1n) is 4.38. The molecule has 6 heteroatoms. The van der Waals surface area contributed by atoms with Crippen molar-refractivity contribution in [1.29, 1.82) is 0 Å². The van der Waals surface area contributed by atoms with E-state index in [1.54, 1.807) is 12.3 Å². The fraction of sp³-hybridized carbons (Fsp3) is 0.222. The molecule has 78 valence electrons. The van der Waals surface area contributed by atoms with Crippen LogP contribution in [-0.2, 0) is 6.54 Å². The summed E-state index contributed by atoms with van der Waals surface area (Å²) in [4.78, 5) is 7.76. The highest BCUT2D eigenvalue weighted by molar-refractivity contribution is 6.28. The van der Waals surface area contributed by atoms with Gasteiger partial charge in [-0.1, -0.05) is 5.16 Å². The van der Waals surface area contributed by atoms with E-state index >= 15 is 0 Å². The van der Waals surface area contributed by atoms with Crippen LogP contribution in [0, 0.1) is 6.92 Å². The van der Waals surface area contributed by atoms with Crippen molar-refractivity contribution in [2.24, 2.45) is 0 Å². The Morgan fingerprint density at radius 1 is 1.53 bits per heavy atom. The molecule has 0 radical (unpaired) electrons. The average Bonchev–Trinajstić information content (AvgIpc) is 2.62. The Morgan fingerprint density at radius 3 is 3.07 bits per heavy atom. The van der Waals surface area contributed by atoms with Crippen LogP contribution in [0.5, 0.6) is 0 Å². The molecular weight excluding hydrogens is 216 g/mol. The maximum absolute atomic E-state index is 5.63. The van der Waals surface area contributed by atoms with Crippen molar-refractivity contribution in [2.75, 3.05) is 5.32 Å². The molecular formula is C9H9ClN4O. The fourth-order valence-corrected chi connectivity index (χ4v) is 1.26. The zero-order valence-corrected chi connectivity index (χ0v) is 8.82. The molecule has 0 aliphatic heterocycles. The summed E-state index contributed by atoms with van der Waals surface area (Å²) >= 11 is 5.63. The molecule has 0 aromatic carbocycles. The topological polar surface area (TPSA) is 63.8 Å². The molecule has 0 aliphatic carbocycles. The van der Waals surface area contributed by atoms with Gasteiger partial charge in [0.15, 0.2) is 0 Å². The van der Waals surface area contributed by atoms with Crippen molar-refractivity contribution < 1.29 is 4.52 Å². The van der Waals surface area contributed by atoms with Gasteiger partial charge in [0.05, 0.1) is 6.54 Å². The Labute approximate surface area is 91.5 Å². The number of nitrogens with one attached hydrogen (secondary N) is 1. The van der Waals surface area contributed by atoms with Crippen LogP contribution in [0.3, 0.4) is 0 Å². The van der Waals surface area contributed by atoms with Gasteiger partial charge in [0.1, 0.15) is 17.3 Å². The van der Waals surface area contributed by atoms with Crippen LogP contribution in [0.2, 0.25) is 5.28 Å². The van der Waals surface area contributed by atoms with Gasteiger partial charge >= 0.3 is 0 Å². The zero-order valence-electron chi connectivity index (χ0n) is 8.07. The molecule has 2 aromatic rings. The van der Waals surface area contributed by atoms with E-state index in [1.807, 2.05) is 13.0 Å². The second-order valence-corrected chi connectivity index (χ2v) is 3.33. The number of rotatable bonds is 3. The minimum Gasteiger partial charge on any atom is -0.364 e. The lowest BCUT2D eigenvalue weighted by molar-refractivity contribution is 0.391. The largest absolute Gasteiger partial charge is 0.364 e. The number of hydrogen-bond donors (Lipinski definition) is 1. The van der Waals surface area contributed by atoms with Crippen molar-refractivity contribution in [3.63, 3.8) is 0 Å². The van der Waals surface area contributed by atoms with E-state index in [2.05, 4.69) is 20.4 Å². The van der Waals surface area contributed by atoms with Crippen LogP contribution >= 0.6 is 11.6 Å². The Bertz CT molecular complexity index is 457. The van der Waals surface area contributed by atoms with E-state index in [1.165, 1.54) is 0 Å². The second kappa shape index (κ2) is 4.27. The molecule has 0 saturated carbocycles. The van der Waals surface area contributed by atoms with Gasteiger partial charge in [0.2, 0.25) is 5.28 Å². The highest BCUT2D eigenvalue weighted by atomic mass is 35.5.